The molecular formula is C21H21N5O2. The first-order valence-electron chi connectivity index (χ1n) is 9.06. The fraction of sp³-hybridized carbons (Fsp3) is 0.190. The molecule has 0 aliphatic carbocycles. The molecule has 2 N–H and O–H groups in total. The lowest BCUT2D eigenvalue weighted by Crippen LogP contribution is -2.14. The summed E-state index contributed by atoms with van der Waals surface area (Å²) in [5, 5.41) is 10.8. The van der Waals surface area contributed by atoms with E-state index < -0.39 is 0 Å². The van der Waals surface area contributed by atoms with E-state index in [2.05, 4.69) is 31.1 Å². The third-order valence-electron chi connectivity index (χ3n) is 4.59. The molecule has 0 aliphatic heterocycles. The minimum atomic E-state index is -0.0654. The number of nitrogens with zero attached hydrogens (tertiary/aromatic N) is 3. The van der Waals surface area contributed by atoms with E-state index in [9.17, 15) is 4.79 Å². The SMILES string of the molecule is COCCn1cc(CC(=O)Nc2cccc(-c3ncn[nH]3)c2)c2ccccc21. The highest BCUT2D eigenvalue weighted by molar-refractivity contribution is 5.96. The Morgan fingerprint density at radius 1 is 1.21 bits per heavy atom. The van der Waals surface area contributed by atoms with Gasteiger partial charge in [0.15, 0.2) is 5.82 Å². The molecule has 0 bridgehead atoms. The number of aromatic amines is 1. The van der Waals surface area contributed by atoms with Crippen molar-refractivity contribution in [1.29, 1.82) is 0 Å². The fourth-order valence-electron chi connectivity index (χ4n) is 3.31. The highest BCUT2D eigenvalue weighted by Crippen LogP contribution is 2.23. The number of amides is 1. The second kappa shape index (κ2) is 8.06. The van der Waals surface area contributed by atoms with Gasteiger partial charge < -0.3 is 14.6 Å². The average molecular weight is 375 g/mol. The predicted octanol–water partition coefficient (Wildman–Crippen LogP) is 3.25. The number of ether oxygens (including phenoxy) is 1. The van der Waals surface area contributed by atoms with Crippen molar-refractivity contribution in [3.8, 4) is 11.4 Å². The normalized spacial score (nSPS) is 11.0. The fourth-order valence-corrected chi connectivity index (χ4v) is 3.31. The molecule has 1 amide bonds. The second-order valence-corrected chi connectivity index (χ2v) is 6.50. The van der Waals surface area contributed by atoms with Gasteiger partial charge in [0, 0.05) is 42.0 Å². The maximum Gasteiger partial charge on any atom is 0.228 e. The van der Waals surface area contributed by atoms with Crippen LogP contribution in [0.5, 0.6) is 0 Å². The standard InChI is InChI=1S/C21H21N5O2/c1-28-10-9-26-13-16(18-7-2-3-8-19(18)26)12-20(27)24-17-6-4-5-15(11-17)21-22-14-23-25-21/h2-8,11,13-14H,9-10,12H2,1H3,(H,24,27)(H,22,23,25). The smallest absolute Gasteiger partial charge is 0.228 e. The number of carbonyl (C=O) groups excluding carboxylic acids is 1. The zero-order valence-electron chi connectivity index (χ0n) is 15.6. The summed E-state index contributed by atoms with van der Waals surface area (Å²) in [6, 6.07) is 15.6. The maximum absolute atomic E-state index is 12.7. The van der Waals surface area contributed by atoms with Crippen LogP contribution in [-0.4, -0.2) is 39.4 Å². The molecule has 0 radical (unpaired) electrons. The number of hydrogen-bond donors (Lipinski definition) is 2. The number of hydrogen-bond acceptors (Lipinski definition) is 4. The monoisotopic (exact) mass is 375 g/mol. The van der Waals surface area contributed by atoms with Crippen molar-refractivity contribution in [2.75, 3.05) is 19.0 Å². The van der Waals surface area contributed by atoms with Crippen LogP contribution in [0, 0.1) is 0 Å². The summed E-state index contributed by atoms with van der Waals surface area (Å²) in [6.07, 6.45) is 3.79. The molecule has 7 heteroatoms. The summed E-state index contributed by atoms with van der Waals surface area (Å²) in [5.41, 5.74) is 3.69. The second-order valence-electron chi connectivity index (χ2n) is 6.50. The van der Waals surface area contributed by atoms with Crippen LogP contribution in [0.3, 0.4) is 0 Å². The number of fused-ring (bicyclic) bond motifs is 1. The summed E-state index contributed by atoms with van der Waals surface area (Å²) >= 11 is 0. The number of H-pyrrole nitrogens is 1. The quantitative estimate of drug-likeness (QED) is 0.519. The summed E-state index contributed by atoms with van der Waals surface area (Å²) in [5.74, 6) is 0.599. The summed E-state index contributed by atoms with van der Waals surface area (Å²) in [7, 11) is 1.69. The lowest BCUT2D eigenvalue weighted by molar-refractivity contribution is -0.115. The first kappa shape index (κ1) is 17.9. The maximum atomic E-state index is 12.7. The van der Waals surface area contributed by atoms with Crippen molar-refractivity contribution in [3.63, 3.8) is 0 Å². The molecular weight excluding hydrogens is 354 g/mol. The van der Waals surface area contributed by atoms with Gasteiger partial charge in [-0.15, -0.1) is 0 Å². The van der Waals surface area contributed by atoms with Gasteiger partial charge in [-0.3, -0.25) is 9.89 Å². The van der Waals surface area contributed by atoms with Crippen molar-refractivity contribution in [2.45, 2.75) is 13.0 Å². The Hall–Kier alpha value is -3.45. The Bertz CT molecular complexity index is 1090. The van der Waals surface area contributed by atoms with Gasteiger partial charge in [-0.25, -0.2) is 4.98 Å². The minimum absolute atomic E-state index is 0.0654. The van der Waals surface area contributed by atoms with E-state index in [0.29, 0.717) is 18.9 Å². The highest BCUT2D eigenvalue weighted by atomic mass is 16.5. The molecule has 2 heterocycles. The first-order chi connectivity index (χ1) is 13.7. The van der Waals surface area contributed by atoms with E-state index in [-0.39, 0.29) is 5.91 Å². The van der Waals surface area contributed by atoms with Crippen molar-refractivity contribution in [1.82, 2.24) is 19.7 Å². The number of anilines is 1. The summed E-state index contributed by atoms with van der Waals surface area (Å²) in [6.45, 7) is 1.37. The number of aromatic nitrogens is 4. The zero-order valence-corrected chi connectivity index (χ0v) is 15.6. The lowest BCUT2D eigenvalue weighted by atomic mass is 10.1. The number of benzene rings is 2. The molecule has 2 aromatic carbocycles. The molecule has 4 aromatic rings. The average Bonchev–Trinajstić information content (AvgIpc) is 3.36. The van der Waals surface area contributed by atoms with Crippen LogP contribution in [-0.2, 0) is 22.5 Å². The van der Waals surface area contributed by atoms with Crippen LogP contribution < -0.4 is 5.32 Å². The van der Waals surface area contributed by atoms with E-state index in [4.69, 9.17) is 4.74 Å². The molecule has 0 unspecified atom stereocenters. The van der Waals surface area contributed by atoms with Gasteiger partial charge in [-0.1, -0.05) is 30.3 Å². The van der Waals surface area contributed by atoms with Gasteiger partial charge in [0.05, 0.1) is 13.0 Å². The largest absolute Gasteiger partial charge is 0.383 e. The number of carbonyl (C=O) groups is 1. The molecule has 0 saturated carbocycles. The molecule has 0 aliphatic rings. The van der Waals surface area contributed by atoms with Crippen LogP contribution in [0.2, 0.25) is 0 Å². The van der Waals surface area contributed by atoms with E-state index in [1.165, 1.54) is 6.33 Å². The van der Waals surface area contributed by atoms with Gasteiger partial charge in [0.25, 0.3) is 0 Å². The summed E-state index contributed by atoms with van der Waals surface area (Å²) < 4.78 is 7.32. The molecule has 2 aromatic heterocycles. The number of rotatable bonds is 7. The van der Waals surface area contributed by atoms with Crippen LogP contribution in [0.4, 0.5) is 5.69 Å². The molecule has 0 spiro atoms. The molecule has 0 atom stereocenters. The van der Waals surface area contributed by atoms with Gasteiger partial charge in [0.2, 0.25) is 5.91 Å². The van der Waals surface area contributed by atoms with Crippen LogP contribution in [0.25, 0.3) is 22.3 Å². The van der Waals surface area contributed by atoms with Gasteiger partial charge in [-0.2, -0.15) is 5.10 Å². The summed E-state index contributed by atoms with van der Waals surface area (Å²) in [4.78, 5) is 16.8. The van der Waals surface area contributed by atoms with Gasteiger partial charge in [-0.05, 0) is 23.8 Å². The van der Waals surface area contributed by atoms with Crippen molar-refractivity contribution in [3.05, 3.63) is 66.6 Å². The van der Waals surface area contributed by atoms with Crippen LogP contribution in [0.1, 0.15) is 5.56 Å². The van der Waals surface area contributed by atoms with Crippen molar-refractivity contribution in [2.24, 2.45) is 0 Å². The van der Waals surface area contributed by atoms with Gasteiger partial charge in [0.1, 0.15) is 6.33 Å². The Morgan fingerprint density at radius 2 is 2.11 bits per heavy atom. The number of nitrogens with one attached hydrogen (secondary N) is 2. The van der Waals surface area contributed by atoms with E-state index in [1.54, 1.807) is 7.11 Å². The molecule has 4 rings (SSSR count). The topological polar surface area (TPSA) is 84.8 Å². The third-order valence-corrected chi connectivity index (χ3v) is 4.59. The van der Waals surface area contributed by atoms with E-state index >= 15 is 0 Å². The number of para-hydroxylation sites is 1. The number of methoxy groups -OCH3 is 1. The zero-order chi connectivity index (χ0) is 19.3. The Kier molecular flexibility index (Phi) is 5.16. The lowest BCUT2D eigenvalue weighted by Gasteiger charge is -2.06. The Balaban J connectivity index is 1.52. The minimum Gasteiger partial charge on any atom is -0.383 e. The van der Waals surface area contributed by atoms with Crippen LogP contribution >= 0.6 is 0 Å². The van der Waals surface area contributed by atoms with Gasteiger partial charge >= 0.3 is 0 Å². The molecule has 7 nitrogen and oxygen atoms in total. The van der Waals surface area contributed by atoms with Crippen molar-refractivity contribution >= 4 is 22.5 Å². The Labute approximate surface area is 162 Å². The molecule has 142 valence electrons. The van der Waals surface area contributed by atoms with Crippen LogP contribution in [0.15, 0.2) is 61.1 Å². The molecule has 0 fully saturated rings. The molecule has 0 saturated heterocycles. The molecule has 28 heavy (non-hydrogen) atoms. The predicted molar refractivity (Wildman–Crippen MR) is 108 cm³/mol. The Morgan fingerprint density at radius 3 is 2.93 bits per heavy atom. The van der Waals surface area contributed by atoms with E-state index in [0.717, 1.165) is 34.3 Å². The first-order valence-corrected chi connectivity index (χ1v) is 9.06. The third kappa shape index (κ3) is 3.79. The van der Waals surface area contributed by atoms with E-state index in [1.807, 2.05) is 48.7 Å². The van der Waals surface area contributed by atoms with Crippen molar-refractivity contribution < 1.29 is 9.53 Å². The highest BCUT2D eigenvalue weighted by Gasteiger charge is 2.12.